The summed E-state index contributed by atoms with van der Waals surface area (Å²) in [6, 6.07) is 9.19. The molecular formula is C25H32F2N5O4+. The number of fused-ring (bicyclic) bond motifs is 1. The summed E-state index contributed by atoms with van der Waals surface area (Å²) in [5.41, 5.74) is 2.34. The minimum Gasteiger partial charge on any atom is -0.434 e. The summed E-state index contributed by atoms with van der Waals surface area (Å²) in [5, 5.41) is 16.4. The Hall–Kier alpha value is -3.02. The summed E-state index contributed by atoms with van der Waals surface area (Å²) in [5.74, 6) is 0.988. The fraction of sp³-hybridized carbons (Fsp3) is 0.520. The summed E-state index contributed by atoms with van der Waals surface area (Å²) in [6.07, 6.45) is 1.87. The number of hydrogen-bond donors (Lipinski definition) is 2. The van der Waals surface area contributed by atoms with Gasteiger partial charge in [-0.05, 0) is 54.9 Å². The largest absolute Gasteiger partial charge is 0.434 e. The average molecular weight is 505 g/mol. The first-order chi connectivity index (χ1) is 17.5. The zero-order chi connectivity index (χ0) is 25.2. The van der Waals surface area contributed by atoms with E-state index in [1.807, 2.05) is 12.1 Å². The zero-order valence-electron chi connectivity index (χ0n) is 20.5. The van der Waals surface area contributed by atoms with E-state index in [4.69, 9.17) is 14.5 Å². The summed E-state index contributed by atoms with van der Waals surface area (Å²) < 4.78 is 41.2. The first-order valence-corrected chi connectivity index (χ1v) is 12.2. The lowest BCUT2D eigenvalue weighted by molar-refractivity contribution is -0.734. The molecule has 2 aliphatic rings. The quantitative estimate of drug-likeness (QED) is 0.479. The van der Waals surface area contributed by atoms with Crippen molar-refractivity contribution in [2.24, 2.45) is 0 Å². The monoisotopic (exact) mass is 504 g/mol. The Morgan fingerprint density at radius 1 is 1.22 bits per heavy atom. The van der Waals surface area contributed by atoms with E-state index in [-0.39, 0.29) is 17.4 Å². The zero-order valence-corrected chi connectivity index (χ0v) is 20.5. The fourth-order valence-electron chi connectivity index (χ4n) is 4.99. The third-order valence-electron chi connectivity index (χ3n) is 6.97. The minimum absolute atomic E-state index is 0.0447. The van der Waals surface area contributed by atoms with Gasteiger partial charge >= 0.3 is 12.4 Å². The molecule has 11 heteroatoms. The van der Waals surface area contributed by atoms with Gasteiger partial charge in [0.2, 0.25) is 0 Å². The fourth-order valence-corrected chi connectivity index (χ4v) is 4.99. The molecule has 2 aromatic heterocycles. The van der Waals surface area contributed by atoms with Crippen LogP contribution in [0.2, 0.25) is 0 Å². The lowest BCUT2D eigenvalue weighted by Crippen LogP contribution is -2.65. The number of alkyl halides is 2. The molecule has 2 fully saturated rings. The molecule has 36 heavy (non-hydrogen) atoms. The Morgan fingerprint density at radius 3 is 2.75 bits per heavy atom. The van der Waals surface area contributed by atoms with Crippen LogP contribution in [0.15, 0.2) is 30.3 Å². The Kier molecular flexibility index (Phi) is 7.22. The molecule has 3 aromatic rings. The van der Waals surface area contributed by atoms with E-state index in [1.165, 1.54) is 6.07 Å². The molecule has 0 saturated carbocycles. The smallest absolute Gasteiger partial charge is 0.387 e. The number of anilines is 1. The van der Waals surface area contributed by atoms with E-state index in [1.54, 1.807) is 12.1 Å². The van der Waals surface area contributed by atoms with Crippen LogP contribution >= 0.6 is 0 Å². The van der Waals surface area contributed by atoms with Crippen LogP contribution in [0.3, 0.4) is 0 Å². The third-order valence-corrected chi connectivity index (χ3v) is 6.97. The van der Waals surface area contributed by atoms with Crippen molar-refractivity contribution in [3.8, 4) is 17.0 Å². The number of rotatable bonds is 7. The highest BCUT2D eigenvalue weighted by Crippen LogP contribution is 2.31. The van der Waals surface area contributed by atoms with Crippen LogP contribution in [0.4, 0.5) is 14.6 Å². The topological polar surface area (TPSA) is 87.0 Å². The lowest BCUT2D eigenvalue weighted by atomic mass is 10.1. The van der Waals surface area contributed by atoms with Crippen molar-refractivity contribution in [3.63, 3.8) is 0 Å². The number of ether oxygens (including phenoxy) is 3. The van der Waals surface area contributed by atoms with Crippen LogP contribution in [0.1, 0.15) is 25.3 Å². The van der Waals surface area contributed by atoms with E-state index in [9.17, 15) is 13.9 Å². The van der Waals surface area contributed by atoms with Crippen LogP contribution in [0, 0.1) is 0 Å². The standard InChI is InChI=1S/C25H31F2N5O4/c1-16-15-35-12-9-31(16)24-20-4-5-21(17-3-6-22(36-25(26)27)18(13-17)14-33)28-23(20)29-32(24)30(2)19-7-10-34-11-8-19/h3-6,13,16,19,25,33H,7-12,14-15H2,1-2H3/p+1. The van der Waals surface area contributed by atoms with Gasteiger partial charge in [0.15, 0.2) is 5.65 Å². The predicted molar refractivity (Wildman–Crippen MR) is 130 cm³/mol. The van der Waals surface area contributed by atoms with Crippen molar-refractivity contribution in [3.05, 3.63) is 35.9 Å². The molecule has 1 unspecified atom stereocenters. The minimum atomic E-state index is -2.96. The maximum Gasteiger partial charge on any atom is 0.387 e. The van der Waals surface area contributed by atoms with Crippen LogP contribution < -0.4 is 19.4 Å². The molecule has 2 aliphatic heterocycles. The number of nitrogens with one attached hydrogen (secondary N) is 1. The van der Waals surface area contributed by atoms with Gasteiger partial charge in [0.25, 0.3) is 0 Å². The molecule has 0 radical (unpaired) electrons. The number of hydrogen-bond acceptors (Lipinski definition) is 7. The molecule has 9 nitrogen and oxygen atoms in total. The molecule has 2 saturated heterocycles. The lowest BCUT2D eigenvalue weighted by Gasteiger charge is -2.32. The molecule has 0 spiro atoms. The van der Waals surface area contributed by atoms with Crippen LogP contribution in [0.25, 0.3) is 22.3 Å². The number of morpholine rings is 1. The van der Waals surface area contributed by atoms with Gasteiger partial charge in [-0.2, -0.15) is 13.9 Å². The number of H-pyrrole nitrogens is 1. The summed E-state index contributed by atoms with van der Waals surface area (Å²) in [6.45, 7) is 2.31. The van der Waals surface area contributed by atoms with Crippen LogP contribution in [-0.4, -0.2) is 73.9 Å². The molecule has 5 rings (SSSR count). The summed E-state index contributed by atoms with van der Waals surface area (Å²) >= 11 is 0. The molecular weight excluding hydrogens is 472 g/mol. The van der Waals surface area contributed by atoms with Crippen molar-refractivity contribution in [1.29, 1.82) is 0 Å². The van der Waals surface area contributed by atoms with Gasteiger partial charge in [0.1, 0.15) is 23.7 Å². The molecule has 1 atom stereocenters. The summed E-state index contributed by atoms with van der Waals surface area (Å²) in [4.78, 5) is 9.31. The molecule has 4 heterocycles. The highest BCUT2D eigenvalue weighted by molar-refractivity contribution is 5.87. The normalized spacial score (nSPS) is 19.3. The highest BCUT2D eigenvalue weighted by atomic mass is 19.3. The van der Waals surface area contributed by atoms with Gasteiger partial charge in [-0.25, -0.2) is 9.99 Å². The molecule has 0 bridgehead atoms. The molecule has 1 aromatic carbocycles. The number of aromatic amines is 1. The van der Waals surface area contributed by atoms with Crippen molar-refractivity contribution in [1.82, 2.24) is 10.1 Å². The first kappa shape index (κ1) is 24.7. The maximum absolute atomic E-state index is 12.7. The molecule has 0 amide bonds. The van der Waals surface area contributed by atoms with Gasteiger partial charge in [-0.15, -0.1) is 0 Å². The Bertz CT molecular complexity index is 1200. The van der Waals surface area contributed by atoms with E-state index in [0.717, 1.165) is 43.8 Å². The van der Waals surface area contributed by atoms with E-state index in [0.29, 0.717) is 36.2 Å². The number of benzene rings is 1. The Balaban J connectivity index is 1.56. The SMILES string of the molecule is CC1COCCN1c1c2ccc(-c3ccc(OC(F)F)c(CO)c3)nc2[nH][n+]1N(C)C1CCOCC1. The molecule has 194 valence electrons. The molecule has 0 aliphatic carbocycles. The number of aromatic nitrogens is 3. The number of halogens is 2. The Morgan fingerprint density at radius 2 is 2.03 bits per heavy atom. The van der Waals surface area contributed by atoms with Gasteiger partial charge in [-0.1, -0.05) is 0 Å². The second-order valence-corrected chi connectivity index (χ2v) is 9.23. The number of pyridine rings is 1. The van der Waals surface area contributed by atoms with Crippen molar-refractivity contribution in [2.45, 2.75) is 45.1 Å². The highest BCUT2D eigenvalue weighted by Gasteiger charge is 2.36. The second kappa shape index (κ2) is 10.5. The van der Waals surface area contributed by atoms with E-state index in [2.05, 4.69) is 38.5 Å². The van der Waals surface area contributed by atoms with Gasteiger partial charge in [0.05, 0.1) is 31.6 Å². The number of aliphatic hydroxyl groups excluding tert-OH is 1. The summed E-state index contributed by atoms with van der Waals surface area (Å²) in [7, 11) is 2.08. The van der Waals surface area contributed by atoms with Gasteiger partial charge < -0.3 is 19.3 Å². The van der Waals surface area contributed by atoms with E-state index >= 15 is 0 Å². The third kappa shape index (κ3) is 4.82. The van der Waals surface area contributed by atoms with Gasteiger partial charge in [0, 0.05) is 31.4 Å². The number of nitrogens with zero attached hydrogens (tertiary/aromatic N) is 4. The van der Waals surface area contributed by atoms with Crippen LogP contribution in [-0.2, 0) is 16.1 Å². The van der Waals surface area contributed by atoms with Crippen molar-refractivity contribution < 1.29 is 32.9 Å². The van der Waals surface area contributed by atoms with Gasteiger partial charge in [-0.3, -0.25) is 4.90 Å². The number of aliphatic hydroxyl groups is 1. The Labute approximate surface area is 208 Å². The average Bonchev–Trinajstić information content (AvgIpc) is 3.27. The van der Waals surface area contributed by atoms with Crippen LogP contribution in [0.5, 0.6) is 5.75 Å². The van der Waals surface area contributed by atoms with Crippen molar-refractivity contribution in [2.75, 3.05) is 49.9 Å². The van der Waals surface area contributed by atoms with E-state index < -0.39 is 13.2 Å². The molecule has 2 N–H and O–H groups in total. The predicted octanol–water partition coefficient (Wildman–Crippen LogP) is 2.58. The first-order valence-electron chi connectivity index (χ1n) is 12.2. The second-order valence-electron chi connectivity index (χ2n) is 9.23. The maximum atomic E-state index is 12.7. The van der Waals surface area contributed by atoms with Crippen molar-refractivity contribution >= 4 is 16.9 Å².